The lowest BCUT2D eigenvalue weighted by molar-refractivity contribution is -0.120. The molecule has 5 atom stereocenters. The number of nitrogens with one attached hydrogen (secondary N) is 1. The normalized spacial score (nSPS) is 26.1. The monoisotopic (exact) mass is 467 g/mol. The molecule has 1 aromatic carbocycles. The van der Waals surface area contributed by atoms with Crippen LogP contribution in [0.15, 0.2) is 48.8 Å². The Kier molecular flexibility index (Phi) is 5.76. The zero-order valence-electron chi connectivity index (χ0n) is 20.0. The highest BCUT2D eigenvalue weighted by atomic mass is 19.1. The van der Waals surface area contributed by atoms with Crippen LogP contribution >= 0.6 is 0 Å². The summed E-state index contributed by atoms with van der Waals surface area (Å²) < 4.78 is 13.9. The van der Waals surface area contributed by atoms with Gasteiger partial charge in [0, 0.05) is 35.2 Å². The molecule has 5 heteroatoms. The number of pyridine rings is 2. The summed E-state index contributed by atoms with van der Waals surface area (Å²) in [7, 11) is 0. The van der Waals surface area contributed by atoms with Gasteiger partial charge in [-0.1, -0.05) is 18.8 Å². The van der Waals surface area contributed by atoms with Crippen LogP contribution in [0.5, 0.6) is 0 Å². The van der Waals surface area contributed by atoms with Crippen LogP contribution in [0, 0.1) is 47.2 Å². The van der Waals surface area contributed by atoms with E-state index in [2.05, 4.69) is 33.2 Å². The molecule has 6 rings (SSSR count). The van der Waals surface area contributed by atoms with E-state index in [9.17, 15) is 9.18 Å². The van der Waals surface area contributed by atoms with Crippen molar-refractivity contribution in [2.75, 3.05) is 5.32 Å². The van der Waals surface area contributed by atoms with Crippen LogP contribution in [0.25, 0.3) is 10.9 Å². The van der Waals surface area contributed by atoms with Gasteiger partial charge >= 0.3 is 0 Å². The molecule has 3 saturated carbocycles. The fraction of sp³-hybridized carbons (Fsp3) is 0.433. The Hall–Kier alpha value is -3.26. The van der Waals surface area contributed by atoms with Crippen molar-refractivity contribution >= 4 is 22.6 Å². The smallest absolute Gasteiger partial charge is 0.228 e. The second kappa shape index (κ2) is 9.07. The van der Waals surface area contributed by atoms with Crippen molar-refractivity contribution in [2.24, 2.45) is 29.6 Å². The van der Waals surface area contributed by atoms with Crippen molar-refractivity contribution in [2.45, 2.75) is 51.4 Å². The zero-order valence-corrected chi connectivity index (χ0v) is 20.0. The number of anilines is 1. The number of fused-ring (bicyclic) bond motifs is 2. The van der Waals surface area contributed by atoms with Gasteiger partial charge in [-0.2, -0.15) is 0 Å². The van der Waals surface area contributed by atoms with E-state index in [4.69, 9.17) is 0 Å². The minimum absolute atomic E-state index is 0.0476. The van der Waals surface area contributed by atoms with Crippen LogP contribution in [-0.2, 0) is 4.79 Å². The number of hydrogen-bond acceptors (Lipinski definition) is 3. The maximum absolute atomic E-state index is 13.9. The van der Waals surface area contributed by atoms with E-state index in [1.165, 1.54) is 24.5 Å². The summed E-state index contributed by atoms with van der Waals surface area (Å²) in [6.07, 6.45) is 10.4. The summed E-state index contributed by atoms with van der Waals surface area (Å²) in [6, 6.07) is 10.7. The van der Waals surface area contributed by atoms with E-state index in [1.54, 1.807) is 18.3 Å². The van der Waals surface area contributed by atoms with Crippen molar-refractivity contribution in [1.29, 1.82) is 0 Å². The number of rotatable bonds is 4. The predicted molar refractivity (Wildman–Crippen MR) is 135 cm³/mol. The zero-order chi connectivity index (χ0) is 23.9. The van der Waals surface area contributed by atoms with Crippen LogP contribution < -0.4 is 5.32 Å². The third kappa shape index (κ3) is 4.67. The second-order valence-electron chi connectivity index (χ2n) is 10.7. The Morgan fingerprint density at radius 3 is 2.57 bits per heavy atom. The molecule has 3 aromatic rings. The van der Waals surface area contributed by atoms with Crippen LogP contribution in [0.1, 0.15) is 62.5 Å². The predicted octanol–water partition coefficient (Wildman–Crippen LogP) is 6.33. The van der Waals surface area contributed by atoms with Crippen molar-refractivity contribution in [3.8, 4) is 11.8 Å². The maximum atomic E-state index is 13.9. The van der Waals surface area contributed by atoms with Gasteiger partial charge in [0.05, 0.1) is 5.52 Å². The van der Waals surface area contributed by atoms with Crippen molar-refractivity contribution < 1.29 is 9.18 Å². The highest BCUT2D eigenvalue weighted by Gasteiger charge is 2.44. The Balaban J connectivity index is 1.07. The number of carbonyl (C=O) groups excluding carboxylic acids is 1. The van der Waals surface area contributed by atoms with Crippen LogP contribution in [0.4, 0.5) is 10.2 Å². The summed E-state index contributed by atoms with van der Waals surface area (Å²) in [6.45, 7) is 2.05. The molecule has 2 heterocycles. The Labute approximate surface area is 205 Å². The molecule has 0 saturated heterocycles. The fourth-order valence-corrected chi connectivity index (χ4v) is 6.23. The summed E-state index contributed by atoms with van der Waals surface area (Å²) >= 11 is 0. The van der Waals surface area contributed by atoms with E-state index in [-0.39, 0.29) is 17.6 Å². The Bertz CT molecular complexity index is 1310. The summed E-state index contributed by atoms with van der Waals surface area (Å²) in [5.74, 6) is 9.41. The SMILES string of the molecule is CC(C(=O)Nc1ccc(C#CC2CC2)cn1)C1C[C@@H]2C[C@H](c3ccnc4ccc(F)cc34)C[C@@H]2C1. The Morgan fingerprint density at radius 1 is 1.06 bits per heavy atom. The third-order valence-electron chi connectivity index (χ3n) is 8.36. The summed E-state index contributed by atoms with van der Waals surface area (Å²) in [5, 5.41) is 3.95. The van der Waals surface area contributed by atoms with E-state index in [0.29, 0.717) is 35.4 Å². The molecule has 3 aliphatic rings. The van der Waals surface area contributed by atoms with Gasteiger partial charge < -0.3 is 5.32 Å². The highest BCUT2D eigenvalue weighted by molar-refractivity contribution is 5.91. The molecular weight excluding hydrogens is 437 g/mol. The number of nitrogens with zero attached hydrogens (tertiary/aromatic N) is 2. The molecule has 0 bridgehead atoms. The lowest BCUT2D eigenvalue weighted by atomic mass is 9.86. The maximum Gasteiger partial charge on any atom is 0.228 e. The summed E-state index contributed by atoms with van der Waals surface area (Å²) in [4.78, 5) is 21.8. The van der Waals surface area contributed by atoms with Gasteiger partial charge in [0.25, 0.3) is 0 Å². The number of carbonyl (C=O) groups is 1. The molecule has 1 amide bonds. The van der Waals surface area contributed by atoms with Gasteiger partial charge in [-0.05, 0) is 104 Å². The second-order valence-corrected chi connectivity index (χ2v) is 10.7. The lowest BCUT2D eigenvalue weighted by Gasteiger charge is -2.21. The summed E-state index contributed by atoms with van der Waals surface area (Å²) in [5.41, 5.74) is 2.98. The van der Waals surface area contributed by atoms with Gasteiger partial charge in [-0.25, -0.2) is 9.37 Å². The molecular formula is C30H30FN3O. The molecule has 2 aromatic heterocycles. The van der Waals surface area contributed by atoms with E-state index in [0.717, 1.165) is 42.1 Å². The largest absolute Gasteiger partial charge is 0.310 e. The van der Waals surface area contributed by atoms with Gasteiger partial charge in [-0.3, -0.25) is 9.78 Å². The van der Waals surface area contributed by atoms with Gasteiger partial charge in [0.2, 0.25) is 5.91 Å². The molecule has 0 radical (unpaired) electrons. The van der Waals surface area contributed by atoms with Crippen LogP contribution in [0.2, 0.25) is 0 Å². The van der Waals surface area contributed by atoms with Crippen LogP contribution in [-0.4, -0.2) is 15.9 Å². The molecule has 4 nitrogen and oxygen atoms in total. The number of amides is 1. The Morgan fingerprint density at radius 2 is 1.86 bits per heavy atom. The number of halogens is 1. The van der Waals surface area contributed by atoms with Gasteiger partial charge in [-0.15, -0.1) is 0 Å². The van der Waals surface area contributed by atoms with E-state index >= 15 is 0 Å². The molecule has 1 N–H and O–H groups in total. The molecule has 3 fully saturated rings. The lowest BCUT2D eigenvalue weighted by Crippen LogP contribution is -2.26. The molecule has 3 aliphatic carbocycles. The number of hydrogen-bond donors (Lipinski definition) is 1. The number of aromatic nitrogens is 2. The average molecular weight is 468 g/mol. The first-order valence-corrected chi connectivity index (χ1v) is 12.9. The standard InChI is InChI=1S/C30H30FN3O/c1-18(30(35)34-29-9-6-20(17-33-29)5-4-19-2-3-19)21-12-22-14-24(15-23(22)13-21)26-10-11-32-28-8-7-25(31)16-27(26)28/h6-11,16-19,21-24H,2-3,12-15H2,1H3,(H,33,34,35)/t18?,21?,22-,23+,24+. The van der Waals surface area contributed by atoms with Crippen molar-refractivity contribution in [3.05, 3.63) is 65.7 Å². The van der Waals surface area contributed by atoms with E-state index < -0.39 is 0 Å². The van der Waals surface area contributed by atoms with Gasteiger partial charge in [0.15, 0.2) is 0 Å². The first-order valence-electron chi connectivity index (χ1n) is 12.9. The quantitative estimate of drug-likeness (QED) is 0.457. The van der Waals surface area contributed by atoms with Crippen molar-refractivity contribution in [3.63, 3.8) is 0 Å². The van der Waals surface area contributed by atoms with Gasteiger partial charge in [0.1, 0.15) is 11.6 Å². The first kappa shape index (κ1) is 22.2. The molecule has 35 heavy (non-hydrogen) atoms. The topological polar surface area (TPSA) is 54.9 Å². The average Bonchev–Trinajstić information content (AvgIpc) is 3.49. The van der Waals surface area contributed by atoms with E-state index in [1.807, 2.05) is 25.3 Å². The first-order chi connectivity index (χ1) is 17.0. The van der Waals surface area contributed by atoms with Crippen molar-refractivity contribution in [1.82, 2.24) is 9.97 Å². The highest BCUT2D eigenvalue weighted by Crippen LogP contribution is 2.54. The fourth-order valence-electron chi connectivity index (χ4n) is 6.23. The molecule has 0 spiro atoms. The number of benzene rings is 1. The third-order valence-corrected chi connectivity index (χ3v) is 8.36. The molecule has 0 aliphatic heterocycles. The minimum Gasteiger partial charge on any atom is -0.310 e. The molecule has 2 unspecified atom stereocenters. The minimum atomic E-state index is -0.208. The molecule has 178 valence electrons. The van der Waals surface area contributed by atoms with Crippen LogP contribution in [0.3, 0.4) is 0 Å².